The van der Waals surface area contributed by atoms with Crippen LogP contribution in [0, 0.1) is 0 Å². The fourth-order valence-electron chi connectivity index (χ4n) is 3.22. The Morgan fingerprint density at radius 1 is 1.19 bits per heavy atom. The van der Waals surface area contributed by atoms with Crippen molar-refractivity contribution in [2.75, 3.05) is 33.8 Å². The second-order valence-electron chi connectivity index (χ2n) is 7.36. The van der Waals surface area contributed by atoms with E-state index in [1.807, 2.05) is 30.3 Å². The first-order valence-electron chi connectivity index (χ1n) is 10.4. The molecule has 0 radical (unpaired) electrons. The zero-order valence-electron chi connectivity index (χ0n) is 18.5. The third-order valence-electron chi connectivity index (χ3n) is 4.85. The van der Waals surface area contributed by atoms with Crippen molar-refractivity contribution in [3.63, 3.8) is 0 Å². The van der Waals surface area contributed by atoms with Crippen LogP contribution in [0.1, 0.15) is 25.3 Å². The van der Waals surface area contributed by atoms with E-state index >= 15 is 0 Å². The topological polar surface area (TPSA) is 70.2 Å². The van der Waals surface area contributed by atoms with E-state index in [0.29, 0.717) is 43.6 Å². The van der Waals surface area contributed by atoms with Crippen molar-refractivity contribution >= 4 is 17.9 Å². The van der Waals surface area contributed by atoms with Crippen LogP contribution in [0.15, 0.2) is 66.4 Å². The minimum atomic E-state index is -0.444. The predicted molar refractivity (Wildman–Crippen MR) is 120 cm³/mol. The highest BCUT2D eigenvalue weighted by atomic mass is 16.6. The highest BCUT2D eigenvalue weighted by Gasteiger charge is 2.26. The number of carbonyl (C=O) groups is 3. The van der Waals surface area contributed by atoms with Crippen molar-refractivity contribution in [1.29, 1.82) is 0 Å². The molecule has 0 saturated carbocycles. The maximum atomic E-state index is 13.2. The van der Waals surface area contributed by atoms with Crippen molar-refractivity contribution in [3.8, 4) is 0 Å². The van der Waals surface area contributed by atoms with Gasteiger partial charge in [0.1, 0.15) is 0 Å². The van der Waals surface area contributed by atoms with Gasteiger partial charge in [-0.15, -0.1) is 0 Å². The van der Waals surface area contributed by atoms with E-state index in [0.717, 1.165) is 5.56 Å². The standard InChI is InChI=1S/C24H31N3O4/c1-5-20(22(28)25(3)4)13-10-15-26(17-19-11-8-7-9-12-19)23(29)21-14-16-27(18-21)24(30)31-6-2/h5,7-9,11-13,18H,1,6,10,14-17H2,2-4H3/b20-13-. The Labute approximate surface area is 184 Å². The van der Waals surface area contributed by atoms with Crippen molar-refractivity contribution in [1.82, 2.24) is 14.7 Å². The average Bonchev–Trinajstić information content (AvgIpc) is 3.26. The van der Waals surface area contributed by atoms with Crippen molar-refractivity contribution in [2.24, 2.45) is 0 Å². The van der Waals surface area contributed by atoms with Crippen LogP contribution in [-0.4, -0.2) is 66.4 Å². The van der Waals surface area contributed by atoms with Gasteiger partial charge in [-0.05, 0) is 25.3 Å². The number of hydrogen-bond donors (Lipinski definition) is 0. The quantitative estimate of drug-likeness (QED) is 0.449. The monoisotopic (exact) mass is 425 g/mol. The molecule has 7 nitrogen and oxygen atoms in total. The summed E-state index contributed by atoms with van der Waals surface area (Å²) in [7, 11) is 3.37. The molecule has 31 heavy (non-hydrogen) atoms. The van der Waals surface area contributed by atoms with Gasteiger partial charge in [-0.25, -0.2) is 4.79 Å². The molecule has 1 heterocycles. The maximum Gasteiger partial charge on any atom is 0.413 e. The van der Waals surface area contributed by atoms with E-state index in [1.54, 1.807) is 38.2 Å². The molecule has 0 fully saturated rings. The maximum absolute atomic E-state index is 13.2. The van der Waals surface area contributed by atoms with Gasteiger partial charge in [0.25, 0.3) is 11.8 Å². The van der Waals surface area contributed by atoms with Gasteiger partial charge in [0.15, 0.2) is 0 Å². The lowest BCUT2D eigenvalue weighted by atomic mass is 10.1. The molecule has 1 aliphatic rings. The van der Waals surface area contributed by atoms with E-state index in [1.165, 1.54) is 15.9 Å². The van der Waals surface area contributed by atoms with Crippen LogP contribution < -0.4 is 0 Å². The largest absolute Gasteiger partial charge is 0.449 e. The zero-order valence-corrected chi connectivity index (χ0v) is 18.5. The smallest absolute Gasteiger partial charge is 0.413 e. The summed E-state index contributed by atoms with van der Waals surface area (Å²) in [5, 5.41) is 0. The summed E-state index contributed by atoms with van der Waals surface area (Å²) in [6.45, 7) is 7.05. The summed E-state index contributed by atoms with van der Waals surface area (Å²) in [5.74, 6) is -0.248. The van der Waals surface area contributed by atoms with Crippen LogP contribution in [0.5, 0.6) is 0 Å². The molecule has 7 heteroatoms. The van der Waals surface area contributed by atoms with Gasteiger partial charge in [0, 0.05) is 51.1 Å². The van der Waals surface area contributed by atoms with Crippen molar-refractivity contribution in [2.45, 2.75) is 26.3 Å². The van der Waals surface area contributed by atoms with E-state index in [-0.39, 0.29) is 18.4 Å². The van der Waals surface area contributed by atoms with Gasteiger partial charge in [0.2, 0.25) is 0 Å². The van der Waals surface area contributed by atoms with Gasteiger partial charge in [0.05, 0.1) is 6.61 Å². The lowest BCUT2D eigenvalue weighted by Crippen LogP contribution is -2.32. The van der Waals surface area contributed by atoms with E-state index in [2.05, 4.69) is 6.58 Å². The molecular formula is C24H31N3O4. The minimum absolute atomic E-state index is 0.122. The van der Waals surface area contributed by atoms with Crippen molar-refractivity contribution < 1.29 is 19.1 Å². The molecule has 0 aliphatic carbocycles. The Kier molecular flexibility index (Phi) is 9.06. The fraction of sp³-hybridized carbons (Fsp3) is 0.375. The van der Waals surface area contributed by atoms with Crippen LogP contribution in [0.4, 0.5) is 4.79 Å². The summed E-state index contributed by atoms with van der Waals surface area (Å²) in [6, 6.07) is 9.73. The highest BCUT2D eigenvalue weighted by Crippen LogP contribution is 2.20. The molecule has 0 spiro atoms. The Balaban J connectivity index is 2.16. The number of nitrogens with zero attached hydrogens (tertiary/aromatic N) is 3. The van der Waals surface area contributed by atoms with E-state index < -0.39 is 6.09 Å². The molecular weight excluding hydrogens is 394 g/mol. The van der Waals surface area contributed by atoms with Crippen LogP contribution in [0.2, 0.25) is 0 Å². The highest BCUT2D eigenvalue weighted by molar-refractivity contribution is 5.96. The summed E-state index contributed by atoms with van der Waals surface area (Å²) >= 11 is 0. The summed E-state index contributed by atoms with van der Waals surface area (Å²) in [5.41, 5.74) is 2.08. The number of hydrogen-bond acceptors (Lipinski definition) is 4. The SMILES string of the molecule is C=C/C(=C/CCN(Cc1ccccc1)C(=O)C1=CN(C(=O)OCC)CC1)C(=O)N(C)C. The third kappa shape index (κ3) is 6.84. The normalized spacial score (nSPS) is 13.5. The molecule has 0 unspecified atom stereocenters. The summed E-state index contributed by atoms with van der Waals surface area (Å²) in [6.07, 6.45) is 5.46. The molecule has 0 N–H and O–H groups in total. The Hall–Kier alpha value is -3.35. The zero-order chi connectivity index (χ0) is 22.8. The van der Waals surface area contributed by atoms with Crippen molar-refractivity contribution in [3.05, 3.63) is 72.0 Å². The molecule has 1 aromatic carbocycles. The molecule has 0 saturated heterocycles. The number of likely N-dealkylation sites (N-methyl/N-ethyl adjacent to an activating group) is 1. The van der Waals surface area contributed by atoms with Gasteiger partial charge in [-0.2, -0.15) is 0 Å². The van der Waals surface area contributed by atoms with Crippen LogP contribution in [-0.2, 0) is 20.9 Å². The molecule has 1 aromatic rings. The Morgan fingerprint density at radius 3 is 2.52 bits per heavy atom. The fourth-order valence-corrected chi connectivity index (χ4v) is 3.22. The van der Waals surface area contributed by atoms with Gasteiger partial charge >= 0.3 is 6.09 Å². The number of ether oxygens (including phenoxy) is 1. The first-order valence-corrected chi connectivity index (χ1v) is 10.4. The van der Waals surface area contributed by atoms with E-state index in [4.69, 9.17) is 4.74 Å². The molecule has 1 aliphatic heterocycles. The number of rotatable bonds is 9. The second-order valence-corrected chi connectivity index (χ2v) is 7.36. The molecule has 2 rings (SSSR count). The van der Waals surface area contributed by atoms with Gasteiger partial charge < -0.3 is 14.5 Å². The Bertz CT molecular complexity index is 859. The first kappa shape index (κ1) is 23.9. The molecule has 0 atom stereocenters. The lowest BCUT2D eigenvalue weighted by Gasteiger charge is -2.23. The molecule has 0 aromatic heterocycles. The third-order valence-corrected chi connectivity index (χ3v) is 4.85. The molecule has 0 bridgehead atoms. The summed E-state index contributed by atoms with van der Waals surface area (Å²) in [4.78, 5) is 42.0. The number of amides is 3. The van der Waals surface area contributed by atoms with E-state index in [9.17, 15) is 14.4 Å². The second kappa shape index (κ2) is 11.7. The Morgan fingerprint density at radius 2 is 1.90 bits per heavy atom. The molecule has 166 valence electrons. The lowest BCUT2D eigenvalue weighted by molar-refractivity contribution is -0.127. The van der Waals surface area contributed by atoms with Gasteiger partial charge in [-0.3, -0.25) is 14.5 Å². The summed E-state index contributed by atoms with van der Waals surface area (Å²) < 4.78 is 5.02. The average molecular weight is 426 g/mol. The minimum Gasteiger partial charge on any atom is -0.449 e. The first-order chi connectivity index (χ1) is 14.9. The molecule has 3 amide bonds. The van der Waals surface area contributed by atoms with Crippen LogP contribution in [0.3, 0.4) is 0 Å². The van der Waals surface area contributed by atoms with Gasteiger partial charge in [-0.1, -0.05) is 49.1 Å². The number of benzene rings is 1. The van der Waals surface area contributed by atoms with Crippen LogP contribution in [0.25, 0.3) is 0 Å². The number of carbonyl (C=O) groups excluding carboxylic acids is 3. The van der Waals surface area contributed by atoms with Crippen LogP contribution >= 0.6 is 0 Å². The predicted octanol–water partition coefficient (Wildman–Crippen LogP) is 3.35.